The third kappa shape index (κ3) is 2.19. The van der Waals surface area contributed by atoms with Crippen LogP contribution < -0.4 is 0 Å². The molecule has 84 valence electrons. The number of hydrogen-bond donors (Lipinski definition) is 1. The third-order valence-electron chi connectivity index (χ3n) is 2.46. The highest BCUT2D eigenvalue weighted by Gasteiger charge is 2.14. The molecule has 0 spiro atoms. The van der Waals surface area contributed by atoms with Gasteiger partial charge in [-0.15, -0.1) is 0 Å². The highest BCUT2D eigenvalue weighted by molar-refractivity contribution is 6.31. The monoisotopic (exact) mass is 238 g/mol. The summed E-state index contributed by atoms with van der Waals surface area (Å²) in [5.41, 5.74) is 0.733. The maximum Gasteiger partial charge on any atom is 0.306 e. The summed E-state index contributed by atoms with van der Waals surface area (Å²) in [6.45, 7) is 1.66. The molecule has 0 radical (unpaired) electrons. The number of carbonyl (C=O) groups is 1. The van der Waals surface area contributed by atoms with E-state index in [0.717, 1.165) is 11.0 Å². The van der Waals surface area contributed by atoms with Crippen LogP contribution in [0.2, 0.25) is 5.02 Å². The molecule has 1 atom stereocenters. The smallest absolute Gasteiger partial charge is 0.306 e. The van der Waals surface area contributed by atoms with Gasteiger partial charge in [-0.05, 0) is 24.3 Å². The molecule has 2 aromatic rings. The Morgan fingerprint density at radius 2 is 2.25 bits per heavy atom. The Hall–Kier alpha value is -1.48. The van der Waals surface area contributed by atoms with Crippen LogP contribution in [0.1, 0.15) is 12.7 Å². The number of rotatable bonds is 3. The van der Waals surface area contributed by atoms with Crippen LogP contribution in [0.15, 0.2) is 28.7 Å². The van der Waals surface area contributed by atoms with Gasteiger partial charge < -0.3 is 9.52 Å². The Labute approximate surface area is 97.6 Å². The zero-order valence-electron chi connectivity index (χ0n) is 8.74. The Kier molecular flexibility index (Phi) is 2.88. The SMILES string of the molecule is CC(Cc1cc2cc(Cl)ccc2o1)C(=O)O. The molecule has 0 amide bonds. The second kappa shape index (κ2) is 4.18. The largest absolute Gasteiger partial charge is 0.481 e. The van der Waals surface area contributed by atoms with E-state index in [4.69, 9.17) is 21.1 Å². The number of hydrogen-bond acceptors (Lipinski definition) is 2. The summed E-state index contributed by atoms with van der Waals surface area (Å²) in [5, 5.41) is 10.3. The van der Waals surface area contributed by atoms with Gasteiger partial charge >= 0.3 is 5.97 Å². The molecule has 4 heteroatoms. The predicted molar refractivity (Wildman–Crippen MR) is 61.7 cm³/mol. The van der Waals surface area contributed by atoms with Crippen LogP contribution in [0.4, 0.5) is 0 Å². The molecule has 1 aromatic carbocycles. The Bertz CT molecular complexity index is 530. The van der Waals surface area contributed by atoms with Gasteiger partial charge in [-0.25, -0.2) is 0 Å². The molecule has 3 nitrogen and oxygen atoms in total. The van der Waals surface area contributed by atoms with Crippen molar-refractivity contribution in [2.45, 2.75) is 13.3 Å². The molecule has 0 aliphatic carbocycles. The van der Waals surface area contributed by atoms with Crippen molar-refractivity contribution in [3.63, 3.8) is 0 Å². The summed E-state index contributed by atoms with van der Waals surface area (Å²) in [7, 11) is 0. The fraction of sp³-hybridized carbons (Fsp3) is 0.250. The van der Waals surface area contributed by atoms with Gasteiger partial charge in [-0.1, -0.05) is 18.5 Å². The van der Waals surface area contributed by atoms with Crippen LogP contribution in [0.25, 0.3) is 11.0 Å². The van der Waals surface area contributed by atoms with Gasteiger partial charge in [0.15, 0.2) is 0 Å². The number of benzene rings is 1. The zero-order chi connectivity index (χ0) is 11.7. The van der Waals surface area contributed by atoms with Crippen molar-refractivity contribution in [3.8, 4) is 0 Å². The molecular formula is C12H11ClO3. The minimum Gasteiger partial charge on any atom is -0.481 e. The summed E-state index contributed by atoms with van der Waals surface area (Å²) in [4.78, 5) is 10.7. The van der Waals surface area contributed by atoms with E-state index in [9.17, 15) is 4.79 Å². The normalized spacial score (nSPS) is 12.9. The molecule has 0 saturated carbocycles. The summed E-state index contributed by atoms with van der Waals surface area (Å²) in [6.07, 6.45) is 0.391. The summed E-state index contributed by atoms with van der Waals surface area (Å²) < 4.78 is 5.52. The lowest BCUT2D eigenvalue weighted by atomic mass is 10.1. The fourth-order valence-electron chi connectivity index (χ4n) is 1.56. The van der Waals surface area contributed by atoms with Gasteiger partial charge in [0, 0.05) is 16.8 Å². The molecule has 2 rings (SSSR count). The van der Waals surface area contributed by atoms with Gasteiger partial charge in [0.05, 0.1) is 5.92 Å². The highest BCUT2D eigenvalue weighted by Crippen LogP contribution is 2.24. The summed E-state index contributed by atoms with van der Waals surface area (Å²) in [6, 6.07) is 7.17. The maximum absolute atomic E-state index is 10.7. The lowest BCUT2D eigenvalue weighted by molar-refractivity contribution is -0.141. The number of aliphatic carboxylic acids is 1. The van der Waals surface area contributed by atoms with Gasteiger partial charge in [-0.3, -0.25) is 4.79 Å². The van der Waals surface area contributed by atoms with E-state index in [1.54, 1.807) is 25.1 Å². The van der Waals surface area contributed by atoms with Crippen LogP contribution in [0, 0.1) is 5.92 Å². The van der Waals surface area contributed by atoms with E-state index in [-0.39, 0.29) is 0 Å². The van der Waals surface area contributed by atoms with Gasteiger partial charge in [0.1, 0.15) is 11.3 Å². The van der Waals surface area contributed by atoms with Gasteiger partial charge in [0.25, 0.3) is 0 Å². The Balaban J connectivity index is 2.29. The van der Waals surface area contributed by atoms with Crippen molar-refractivity contribution in [1.82, 2.24) is 0 Å². The van der Waals surface area contributed by atoms with Crippen LogP contribution in [0.3, 0.4) is 0 Å². The average molecular weight is 239 g/mol. The van der Waals surface area contributed by atoms with E-state index in [1.165, 1.54) is 0 Å². The first kappa shape index (κ1) is 11.0. The molecule has 0 aliphatic heterocycles. The lowest BCUT2D eigenvalue weighted by Gasteiger charge is -2.01. The topological polar surface area (TPSA) is 50.4 Å². The quantitative estimate of drug-likeness (QED) is 0.892. The van der Waals surface area contributed by atoms with E-state index in [2.05, 4.69) is 0 Å². The number of fused-ring (bicyclic) bond motifs is 1. The first-order valence-electron chi connectivity index (χ1n) is 4.97. The molecular weight excluding hydrogens is 228 g/mol. The fourth-order valence-corrected chi connectivity index (χ4v) is 1.74. The predicted octanol–water partition coefficient (Wildman–Crippen LogP) is 3.35. The van der Waals surface area contributed by atoms with Crippen molar-refractivity contribution in [3.05, 3.63) is 35.0 Å². The molecule has 16 heavy (non-hydrogen) atoms. The van der Waals surface area contributed by atoms with Crippen molar-refractivity contribution in [2.75, 3.05) is 0 Å². The lowest BCUT2D eigenvalue weighted by Crippen LogP contribution is -2.11. The van der Waals surface area contributed by atoms with Crippen LogP contribution in [-0.2, 0) is 11.2 Å². The number of carboxylic acid groups (broad SMARTS) is 1. The molecule has 1 unspecified atom stereocenters. The molecule has 0 fully saturated rings. The van der Waals surface area contributed by atoms with Crippen LogP contribution in [-0.4, -0.2) is 11.1 Å². The molecule has 0 aliphatic rings. The molecule has 1 heterocycles. The van der Waals surface area contributed by atoms with E-state index in [1.807, 2.05) is 6.07 Å². The standard InChI is InChI=1S/C12H11ClO3/c1-7(12(14)15)4-10-6-8-5-9(13)2-3-11(8)16-10/h2-3,5-7H,4H2,1H3,(H,14,15). The zero-order valence-corrected chi connectivity index (χ0v) is 9.49. The number of carboxylic acids is 1. The number of halogens is 1. The van der Waals surface area contributed by atoms with Crippen LogP contribution in [0.5, 0.6) is 0 Å². The first-order chi connectivity index (χ1) is 7.56. The van der Waals surface area contributed by atoms with Crippen molar-refractivity contribution < 1.29 is 14.3 Å². The third-order valence-corrected chi connectivity index (χ3v) is 2.69. The number of furan rings is 1. The first-order valence-corrected chi connectivity index (χ1v) is 5.35. The van der Waals surface area contributed by atoms with E-state index in [0.29, 0.717) is 17.2 Å². The molecule has 0 saturated heterocycles. The second-order valence-corrected chi connectivity index (χ2v) is 4.27. The average Bonchev–Trinajstić information content (AvgIpc) is 2.58. The molecule has 1 N–H and O–H groups in total. The Morgan fingerprint density at radius 1 is 1.50 bits per heavy atom. The minimum atomic E-state index is -0.821. The second-order valence-electron chi connectivity index (χ2n) is 3.84. The van der Waals surface area contributed by atoms with E-state index >= 15 is 0 Å². The summed E-state index contributed by atoms with van der Waals surface area (Å²) >= 11 is 5.85. The van der Waals surface area contributed by atoms with Crippen molar-refractivity contribution >= 4 is 28.5 Å². The van der Waals surface area contributed by atoms with E-state index < -0.39 is 11.9 Å². The van der Waals surface area contributed by atoms with Crippen molar-refractivity contribution in [2.24, 2.45) is 5.92 Å². The van der Waals surface area contributed by atoms with Crippen molar-refractivity contribution in [1.29, 1.82) is 0 Å². The summed E-state index contributed by atoms with van der Waals surface area (Å²) in [5.74, 6) is -0.596. The highest BCUT2D eigenvalue weighted by atomic mass is 35.5. The minimum absolute atomic E-state index is 0.391. The van der Waals surface area contributed by atoms with Crippen LogP contribution >= 0.6 is 11.6 Å². The Morgan fingerprint density at radius 3 is 2.94 bits per heavy atom. The molecule has 0 bridgehead atoms. The van der Waals surface area contributed by atoms with Gasteiger partial charge in [0.2, 0.25) is 0 Å². The van der Waals surface area contributed by atoms with Gasteiger partial charge in [-0.2, -0.15) is 0 Å². The maximum atomic E-state index is 10.7. The molecule has 1 aromatic heterocycles.